The topological polar surface area (TPSA) is 110 Å². The number of rotatable bonds is 4. The lowest BCUT2D eigenvalue weighted by atomic mass is 9.78. The van der Waals surface area contributed by atoms with Crippen molar-refractivity contribution in [2.75, 3.05) is 13.2 Å². The van der Waals surface area contributed by atoms with E-state index in [1.165, 1.54) is 0 Å². The Morgan fingerprint density at radius 1 is 1.52 bits per heavy atom. The van der Waals surface area contributed by atoms with E-state index in [9.17, 15) is 4.79 Å². The SMILES string of the molecule is Cc1ccc(CNC(=O)C2(C(N)=NO)CCOCC2)cn1. The van der Waals surface area contributed by atoms with Crippen molar-refractivity contribution in [1.82, 2.24) is 10.3 Å². The first-order valence-electron chi connectivity index (χ1n) is 6.84. The van der Waals surface area contributed by atoms with Gasteiger partial charge in [-0.25, -0.2) is 0 Å². The zero-order valence-corrected chi connectivity index (χ0v) is 12.0. The number of ether oxygens (including phenoxy) is 1. The summed E-state index contributed by atoms with van der Waals surface area (Å²) in [7, 11) is 0. The predicted molar refractivity (Wildman–Crippen MR) is 76.7 cm³/mol. The van der Waals surface area contributed by atoms with Crippen LogP contribution < -0.4 is 11.1 Å². The molecule has 0 unspecified atom stereocenters. The van der Waals surface area contributed by atoms with Crippen molar-refractivity contribution in [3.63, 3.8) is 0 Å². The van der Waals surface area contributed by atoms with Crippen LogP contribution in [0.25, 0.3) is 0 Å². The van der Waals surface area contributed by atoms with E-state index in [0.29, 0.717) is 32.6 Å². The zero-order valence-electron chi connectivity index (χ0n) is 12.0. The summed E-state index contributed by atoms with van der Waals surface area (Å²) in [6.07, 6.45) is 2.53. The van der Waals surface area contributed by atoms with Gasteiger partial charge in [-0.1, -0.05) is 11.2 Å². The van der Waals surface area contributed by atoms with Gasteiger partial charge >= 0.3 is 0 Å². The van der Waals surface area contributed by atoms with E-state index in [1.807, 2.05) is 19.1 Å². The second-order valence-corrected chi connectivity index (χ2v) is 5.17. The Balaban J connectivity index is 2.07. The van der Waals surface area contributed by atoms with Gasteiger partial charge in [0.2, 0.25) is 5.91 Å². The van der Waals surface area contributed by atoms with Crippen LogP contribution in [0.15, 0.2) is 23.5 Å². The first kappa shape index (κ1) is 15.2. The number of amides is 1. The van der Waals surface area contributed by atoms with Gasteiger partial charge in [-0.2, -0.15) is 0 Å². The Morgan fingerprint density at radius 3 is 2.81 bits per heavy atom. The second-order valence-electron chi connectivity index (χ2n) is 5.17. The standard InChI is InChI=1S/C14H20N4O3/c1-10-2-3-11(8-16-10)9-17-13(19)14(12(15)18-20)4-6-21-7-5-14/h2-3,8,20H,4-7,9H2,1H3,(H2,15,18)(H,17,19). The second kappa shape index (κ2) is 6.53. The van der Waals surface area contributed by atoms with Crippen LogP contribution in [0.2, 0.25) is 0 Å². The van der Waals surface area contributed by atoms with E-state index in [2.05, 4.69) is 15.5 Å². The summed E-state index contributed by atoms with van der Waals surface area (Å²) in [6.45, 7) is 3.08. The van der Waals surface area contributed by atoms with Gasteiger partial charge in [-0.15, -0.1) is 0 Å². The Kier molecular flexibility index (Phi) is 4.74. The van der Waals surface area contributed by atoms with Crippen LogP contribution in [0.3, 0.4) is 0 Å². The van der Waals surface area contributed by atoms with Crippen LogP contribution in [0.5, 0.6) is 0 Å². The van der Waals surface area contributed by atoms with Crippen molar-refractivity contribution in [3.05, 3.63) is 29.6 Å². The number of amidine groups is 1. The number of carbonyl (C=O) groups is 1. The summed E-state index contributed by atoms with van der Waals surface area (Å²) < 4.78 is 5.26. The number of oxime groups is 1. The fraction of sp³-hybridized carbons (Fsp3) is 0.500. The molecule has 0 radical (unpaired) electrons. The Labute approximate surface area is 123 Å². The Bertz CT molecular complexity index is 522. The molecule has 7 heteroatoms. The minimum Gasteiger partial charge on any atom is -0.409 e. The third-order valence-electron chi connectivity index (χ3n) is 3.80. The molecule has 1 amide bonds. The van der Waals surface area contributed by atoms with Gasteiger partial charge in [0.25, 0.3) is 0 Å². The molecule has 21 heavy (non-hydrogen) atoms. The highest BCUT2D eigenvalue weighted by Gasteiger charge is 2.44. The number of hydrogen-bond acceptors (Lipinski definition) is 5. The summed E-state index contributed by atoms with van der Waals surface area (Å²) in [4.78, 5) is 16.7. The Hall–Kier alpha value is -2.15. The molecule has 0 aliphatic carbocycles. The molecule has 2 heterocycles. The number of pyridine rings is 1. The monoisotopic (exact) mass is 292 g/mol. The molecule has 0 bridgehead atoms. The van der Waals surface area contributed by atoms with Crippen LogP contribution in [-0.2, 0) is 16.1 Å². The number of aryl methyl sites for hydroxylation is 1. The van der Waals surface area contributed by atoms with E-state index in [1.54, 1.807) is 6.20 Å². The molecule has 1 aromatic heterocycles. The minimum absolute atomic E-state index is 0.0645. The summed E-state index contributed by atoms with van der Waals surface area (Å²) >= 11 is 0. The van der Waals surface area contributed by atoms with Crippen LogP contribution in [0.1, 0.15) is 24.1 Å². The minimum atomic E-state index is -0.995. The van der Waals surface area contributed by atoms with Crippen LogP contribution in [-0.4, -0.2) is 35.1 Å². The highest BCUT2D eigenvalue weighted by atomic mass is 16.5. The van der Waals surface area contributed by atoms with Crippen LogP contribution >= 0.6 is 0 Å². The van der Waals surface area contributed by atoms with E-state index in [4.69, 9.17) is 15.7 Å². The van der Waals surface area contributed by atoms with Gasteiger partial charge < -0.3 is 21.0 Å². The molecular formula is C14H20N4O3. The van der Waals surface area contributed by atoms with E-state index in [0.717, 1.165) is 11.3 Å². The lowest BCUT2D eigenvalue weighted by molar-refractivity contribution is -0.131. The molecule has 0 aromatic carbocycles. The predicted octanol–water partition coefficient (Wildman–Crippen LogP) is 0.549. The third-order valence-corrected chi connectivity index (χ3v) is 3.80. The Morgan fingerprint density at radius 2 is 2.24 bits per heavy atom. The molecule has 2 rings (SSSR count). The largest absolute Gasteiger partial charge is 0.409 e. The van der Waals surface area contributed by atoms with Crippen molar-refractivity contribution >= 4 is 11.7 Å². The van der Waals surface area contributed by atoms with Gasteiger partial charge in [0, 0.05) is 31.6 Å². The van der Waals surface area contributed by atoms with Gasteiger partial charge in [-0.3, -0.25) is 9.78 Å². The molecule has 1 aliphatic rings. The van der Waals surface area contributed by atoms with E-state index < -0.39 is 5.41 Å². The fourth-order valence-corrected chi connectivity index (χ4v) is 2.37. The molecule has 0 spiro atoms. The van der Waals surface area contributed by atoms with E-state index >= 15 is 0 Å². The maximum Gasteiger partial charge on any atom is 0.234 e. The van der Waals surface area contributed by atoms with Crippen LogP contribution in [0.4, 0.5) is 0 Å². The van der Waals surface area contributed by atoms with Gasteiger partial charge in [-0.05, 0) is 31.4 Å². The van der Waals surface area contributed by atoms with Crippen molar-refractivity contribution in [3.8, 4) is 0 Å². The number of carbonyl (C=O) groups excluding carboxylic acids is 1. The van der Waals surface area contributed by atoms with Crippen molar-refractivity contribution in [1.29, 1.82) is 0 Å². The van der Waals surface area contributed by atoms with Gasteiger partial charge in [0.05, 0.1) is 0 Å². The highest BCUT2D eigenvalue weighted by molar-refractivity contribution is 6.06. The molecule has 0 atom stereocenters. The third kappa shape index (κ3) is 3.30. The van der Waals surface area contributed by atoms with Crippen molar-refractivity contribution < 1.29 is 14.7 Å². The molecule has 7 nitrogen and oxygen atoms in total. The molecule has 4 N–H and O–H groups in total. The lowest BCUT2D eigenvalue weighted by Crippen LogP contribution is -2.52. The smallest absolute Gasteiger partial charge is 0.234 e. The molecule has 0 saturated carbocycles. The van der Waals surface area contributed by atoms with E-state index in [-0.39, 0.29) is 11.7 Å². The fourth-order valence-electron chi connectivity index (χ4n) is 2.37. The molecule has 1 aliphatic heterocycles. The summed E-state index contributed by atoms with van der Waals surface area (Å²) in [5, 5.41) is 14.8. The quantitative estimate of drug-likeness (QED) is 0.325. The molecule has 1 saturated heterocycles. The molecule has 114 valence electrons. The summed E-state index contributed by atoms with van der Waals surface area (Å²) in [5.41, 5.74) is 6.57. The first-order chi connectivity index (χ1) is 10.1. The van der Waals surface area contributed by atoms with Gasteiger partial charge in [0.15, 0.2) is 5.84 Å². The van der Waals surface area contributed by atoms with Crippen molar-refractivity contribution in [2.45, 2.75) is 26.3 Å². The van der Waals surface area contributed by atoms with Crippen molar-refractivity contribution in [2.24, 2.45) is 16.3 Å². The number of aromatic nitrogens is 1. The maximum absolute atomic E-state index is 12.5. The first-order valence-corrected chi connectivity index (χ1v) is 6.84. The zero-order chi connectivity index (χ0) is 15.3. The molecule has 1 aromatic rings. The number of nitrogens with two attached hydrogens (primary N) is 1. The highest BCUT2D eigenvalue weighted by Crippen LogP contribution is 2.31. The summed E-state index contributed by atoms with van der Waals surface area (Å²) in [5.74, 6) is -0.313. The van der Waals surface area contributed by atoms with Gasteiger partial charge in [0.1, 0.15) is 5.41 Å². The van der Waals surface area contributed by atoms with Crippen LogP contribution in [0, 0.1) is 12.3 Å². The normalized spacial score (nSPS) is 18.2. The summed E-state index contributed by atoms with van der Waals surface area (Å²) in [6, 6.07) is 3.79. The average molecular weight is 292 g/mol. The molecule has 1 fully saturated rings. The number of nitrogens with zero attached hydrogens (tertiary/aromatic N) is 2. The number of nitrogens with one attached hydrogen (secondary N) is 1. The molecular weight excluding hydrogens is 272 g/mol. The maximum atomic E-state index is 12.5. The number of hydrogen-bond donors (Lipinski definition) is 3. The average Bonchev–Trinajstić information content (AvgIpc) is 2.53. The lowest BCUT2D eigenvalue weighted by Gasteiger charge is -2.34.